The molecule has 0 heterocycles. The molecule has 0 bridgehead atoms. The van der Waals surface area contributed by atoms with Gasteiger partial charge in [-0.1, -0.05) is 22.0 Å². The van der Waals surface area contributed by atoms with Crippen LogP contribution in [0, 0.1) is 10.1 Å². The molecule has 0 amide bonds. The third-order valence-corrected chi connectivity index (χ3v) is 2.34. The van der Waals surface area contributed by atoms with Crippen molar-refractivity contribution in [3.63, 3.8) is 0 Å². The molecule has 1 aromatic carbocycles. The topological polar surface area (TPSA) is 63.4 Å². The second kappa shape index (κ2) is 3.85. The highest BCUT2D eigenvalue weighted by molar-refractivity contribution is 9.10. The van der Waals surface area contributed by atoms with Crippen molar-refractivity contribution in [1.29, 1.82) is 0 Å². The van der Waals surface area contributed by atoms with Gasteiger partial charge < -0.3 is 5.11 Å². The molecule has 0 aliphatic carbocycles. The Morgan fingerprint density at radius 3 is 2.62 bits per heavy atom. The number of aliphatic hydroxyl groups excluding tert-OH is 1. The van der Waals surface area contributed by atoms with Crippen LogP contribution in [0.3, 0.4) is 0 Å². The summed E-state index contributed by atoms with van der Waals surface area (Å²) in [7, 11) is 0. The second-order valence-electron chi connectivity index (χ2n) is 2.61. The molecule has 4 nitrogen and oxygen atoms in total. The van der Waals surface area contributed by atoms with Crippen molar-refractivity contribution in [3.05, 3.63) is 38.3 Å². The summed E-state index contributed by atoms with van der Waals surface area (Å²) < 4.78 is 0.552. The number of nitrogens with zero attached hydrogens (tertiary/aromatic N) is 1. The summed E-state index contributed by atoms with van der Waals surface area (Å²) in [5.74, 6) is 0. The Kier molecular flexibility index (Phi) is 3.00. The predicted molar refractivity (Wildman–Crippen MR) is 51.4 cm³/mol. The fourth-order valence-corrected chi connectivity index (χ4v) is 1.79. The minimum absolute atomic E-state index is 0.0654. The molecule has 1 N–H and O–H groups in total. The van der Waals surface area contributed by atoms with Crippen LogP contribution in [0.25, 0.3) is 0 Å². The SMILES string of the molecule is CC(O)c1c(Br)cccc1[N+](=O)[O-]. The minimum Gasteiger partial charge on any atom is -0.388 e. The highest BCUT2D eigenvalue weighted by atomic mass is 79.9. The lowest BCUT2D eigenvalue weighted by molar-refractivity contribution is -0.386. The van der Waals surface area contributed by atoms with Crippen LogP contribution in [0.15, 0.2) is 22.7 Å². The first kappa shape index (κ1) is 10.1. The Balaban J connectivity index is 3.34. The number of nitro groups is 1. The number of halogens is 1. The van der Waals surface area contributed by atoms with E-state index in [0.29, 0.717) is 10.0 Å². The summed E-state index contributed by atoms with van der Waals surface area (Å²) in [5, 5.41) is 19.9. The average Bonchev–Trinajstić information content (AvgIpc) is 2.02. The van der Waals surface area contributed by atoms with Gasteiger partial charge in [-0.05, 0) is 13.0 Å². The van der Waals surface area contributed by atoms with Crippen LogP contribution in [0.5, 0.6) is 0 Å². The van der Waals surface area contributed by atoms with Crippen molar-refractivity contribution in [2.24, 2.45) is 0 Å². The van der Waals surface area contributed by atoms with Crippen LogP contribution < -0.4 is 0 Å². The van der Waals surface area contributed by atoms with Gasteiger partial charge >= 0.3 is 0 Å². The average molecular weight is 246 g/mol. The lowest BCUT2D eigenvalue weighted by atomic mass is 10.1. The number of aliphatic hydroxyl groups is 1. The maximum Gasteiger partial charge on any atom is 0.276 e. The highest BCUT2D eigenvalue weighted by Gasteiger charge is 2.19. The minimum atomic E-state index is -0.851. The number of hydrogen-bond donors (Lipinski definition) is 1. The zero-order valence-electron chi connectivity index (χ0n) is 6.90. The van der Waals surface area contributed by atoms with E-state index in [0.717, 1.165) is 0 Å². The van der Waals surface area contributed by atoms with Crippen molar-refractivity contribution < 1.29 is 10.0 Å². The van der Waals surface area contributed by atoms with E-state index in [1.54, 1.807) is 12.1 Å². The molecule has 0 fully saturated rings. The van der Waals surface area contributed by atoms with E-state index < -0.39 is 11.0 Å². The van der Waals surface area contributed by atoms with E-state index in [-0.39, 0.29) is 5.69 Å². The molecule has 1 rings (SSSR count). The summed E-state index contributed by atoms with van der Waals surface area (Å²) in [6.45, 7) is 1.49. The van der Waals surface area contributed by atoms with Gasteiger partial charge in [0.05, 0.1) is 16.6 Å². The van der Waals surface area contributed by atoms with E-state index in [4.69, 9.17) is 0 Å². The van der Waals surface area contributed by atoms with Gasteiger partial charge in [-0.3, -0.25) is 10.1 Å². The van der Waals surface area contributed by atoms with Crippen LogP contribution in [0.1, 0.15) is 18.6 Å². The summed E-state index contributed by atoms with van der Waals surface area (Å²) in [5.41, 5.74) is 0.247. The Hall–Kier alpha value is -0.940. The smallest absolute Gasteiger partial charge is 0.276 e. The standard InChI is InChI=1S/C8H8BrNO3/c1-5(11)8-6(9)3-2-4-7(8)10(12)13/h2-5,11H,1H3. The maximum atomic E-state index is 10.6. The Labute approximate surface area is 83.5 Å². The van der Waals surface area contributed by atoms with Gasteiger partial charge in [-0.25, -0.2) is 0 Å². The normalized spacial score (nSPS) is 12.5. The molecule has 1 unspecified atom stereocenters. The molecule has 0 aromatic heterocycles. The zero-order chi connectivity index (χ0) is 10.0. The van der Waals surface area contributed by atoms with Gasteiger partial charge in [0.25, 0.3) is 5.69 Å². The third kappa shape index (κ3) is 2.05. The van der Waals surface area contributed by atoms with Crippen LogP contribution in [-0.2, 0) is 0 Å². The molecular formula is C8H8BrNO3. The Morgan fingerprint density at radius 2 is 2.23 bits per heavy atom. The third-order valence-electron chi connectivity index (χ3n) is 1.64. The first-order chi connectivity index (χ1) is 6.04. The number of hydrogen-bond acceptors (Lipinski definition) is 3. The molecule has 0 spiro atoms. The van der Waals surface area contributed by atoms with Crippen LogP contribution in [-0.4, -0.2) is 10.0 Å². The first-order valence-corrected chi connectivity index (χ1v) is 4.44. The van der Waals surface area contributed by atoms with Gasteiger partial charge in [-0.15, -0.1) is 0 Å². The second-order valence-corrected chi connectivity index (χ2v) is 3.46. The molecule has 0 aliphatic rings. The van der Waals surface area contributed by atoms with Crippen LogP contribution >= 0.6 is 15.9 Å². The van der Waals surface area contributed by atoms with Gasteiger partial charge in [0.15, 0.2) is 0 Å². The number of nitro benzene ring substituents is 1. The quantitative estimate of drug-likeness (QED) is 0.643. The first-order valence-electron chi connectivity index (χ1n) is 3.65. The fraction of sp³-hybridized carbons (Fsp3) is 0.250. The molecule has 0 aliphatic heterocycles. The lowest BCUT2D eigenvalue weighted by Gasteiger charge is -2.07. The van der Waals surface area contributed by atoms with Crippen molar-refractivity contribution in [1.82, 2.24) is 0 Å². The largest absolute Gasteiger partial charge is 0.388 e. The summed E-state index contributed by atoms with van der Waals surface area (Å²) in [6, 6.07) is 4.59. The molecular weight excluding hydrogens is 238 g/mol. The van der Waals surface area contributed by atoms with Gasteiger partial charge in [0, 0.05) is 10.5 Å². The molecule has 5 heteroatoms. The van der Waals surface area contributed by atoms with Gasteiger partial charge in [0.2, 0.25) is 0 Å². The van der Waals surface area contributed by atoms with E-state index >= 15 is 0 Å². The molecule has 1 atom stereocenters. The van der Waals surface area contributed by atoms with Gasteiger partial charge in [-0.2, -0.15) is 0 Å². The maximum absolute atomic E-state index is 10.6. The van der Waals surface area contributed by atoms with Crippen LogP contribution in [0.4, 0.5) is 5.69 Å². The van der Waals surface area contributed by atoms with Crippen molar-refractivity contribution in [2.75, 3.05) is 0 Å². The predicted octanol–water partition coefficient (Wildman–Crippen LogP) is 2.41. The summed E-state index contributed by atoms with van der Waals surface area (Å²) in [4.78, 5) is 10.0. The Morgan fingerprint density at radius 1 is 1.62 bits per heavy atom. The summed E-state index contributed by atoms with van der Waals surface area (Å²) in [6.07, 6.45) is -0.851. The van der Waals surface area contributed by atoms with Crippen molar-refractivity contribution >= 4 is 21.6 Å². The highest BCUT2D eigenvalue weighted by Crippen LogP contribution is 2.31. The summed E-state index contributed by atoms with van der Waals surface area (Å²) >= 11 is 3.15. The number of benzene rings is 1. The number of rotatable bonds is 2. The molecule has 0 saturated carbocycles. The van der Waals surface area contributed by atoms with Crippen molar-refractivity contribution in [2.45, 2.75) is 13.0 Å². The Bertz CT molecular complexity index is 338. The van der Waals surface area contributed by atoms with E-state index in [9.17, 15) is 15.2 Å². The lowest BCUT2D eigenvalue weighted by Crippen LogP contribution is -1.99. The molecule has 0 radical (unpaired) electrons. The van der Waals surface area contributed by atoms with E-state index in [2.05, 4.69) is 15.9 Å². The monoisotopic (exact) mass is 245 g/mol. The van der Waals surface area contributed by atoms with E-state index in [1.165, 1.54) is 13.0 Å². The molecule has 13 heavy (non-hydrogen) atoms. The molecule has 0 saturated heterocycles. The zero-order valence-corrected chi connectivity index (χ0v) is 8.48. The van der Waals surface area contributed by atoms with E-state index in [1.807, 2.05) is 0 Å². The molecule has 1 aromatic rings. The van der Waals surface area contributed by atoms with Crippen LogP contribution in [0.2, 0.25) is 0 Å². The fourth-order valence-electron chi connectivity index (χ4n) is 1.10. The molecule has 70 valence electrons. The van der Waals surface area contributed by atoms with Gasteiger partial charge in [0.1, 0.15) is 0 Å². The van der Waals surface area contributed by atoms with Crippen molar-refractivity contribution in [3.8, 4) is 0 Å².